The molecule has 0 atom stereocenters. The monoisotopic (exact) mass is 1050 g/mol. The predicted molar refractivity (Wildman–Crippen MR) is 333 cm³/mol. The molecule has 0 fully saturated rings. The van der Waals surface area contributed by atoms with Crippen molar-refractivity contribution in [2.24, 2.45) is 0 Å². The van der Waals surface area contributed by atoms with Gasteiger partial charge in [0.25, 0.3) is 0 Å². The highest BCUT2D eigenvalue weighted by Crippen LogP contribution is 2.42. The highest BCUT2D eigenvalue weighted by molar-refractivity contribution is 6.13. The van der Waals surface area contributed by atoms with Gasteiger partial charge in [0.05, 0.1) is 44.5 Å². The van der Waals surface area contributed by atoms with Crippen molar-refractivity contribution in [2.45, 2.75) is 0 Å². The molecule has 17 aromatic rings. The molecule has 0 spiro atoms. The lowest BCUT2D eigenvalue weighted by Gasteiger charge is -2.11. The minimum atomic E-state index is 0.836. The topological polar surface area (TPSA) is 87.7 Å². The molecule has 17 rings (SSSR count). The average Bonchev–Trinajstić information content (AvgIpc) is 4.23. The summed E-state index contributed by atoms with van der Waals surface area (Å²) in [5.41, 5.74) is 24.5. The third kappa shape index (κ3) is 7.25. The molecule has 0 N–H and O–H groups in total. The summed E-state index contributed by atoms with van der Waals surface area (Å²) in [6.45, 7) is 0. The van der Waals surface area contributed by atoms with Crippen molar-refractivity contribution in [1.82, 2.24) is 29.1 Å². The van der Waals surface area contributed by atoms with Gasteiger partial charge in [-0.25, -0.2) is 0 Å². The number of nitrogens with zero attached hydrogens (tertiary/aromatic N) is 6. The quantitative estimate of drug-likeness (QED) is 0.151. The highest BCUT2D eigenvalue weighted by Gasteiger charge is 2.21. The van der Waals surface area contributed by atoms with Gasteiger partial charge in [-0.15, -0.1) is 0 Å². The van der Waals surface area contributed by atoms with Crippen LogP contribution in [-0.2, 0) is 0 Å². The fourth-order valence-electron chi connectivity index (χ4n) is 12.6. The van der Waals surface area contributed by atoms with Crippen LogP contribution in [0.1, 0.15) is 0 Å². The number of benzene rings is 9. The number of hydrogen-bond acceptors (Lipinski definition) is 6. The molecule has 8 aromatic heterocycles. The number of hydrogen-bond donors (Lipinski definition) is 0. The van der Waals surface area contributed by atoms with Crippen molar-refractivity contribution >= 4 is 87.7 Å². The first-order valence-corrected chi connectivity index (χ1v) is 27.5. The third-order valence-electron chi connectivity index (χ3n) is 16.3. The molecule has 0 aliphatic carbocycles. The first-order valence-electron chi connectivity index (χ1n) is 27.5. The van der Waals surface area contributed by atoms with Crippen molar-refractivity contribution < 1.29 is 8.83 Å². The van der Waals surface area contributed by atoms with Crippen LogP contribution < -0.4 is 0 Å². The molecule has 0 saturated carbocycles. The predicted octanol–water partition coefficient (Wildman–Crippen LogP) is 19.3. The number of rotatable bonds is 8. The van der Waals surface area contributed by atoms with Crippen LogP contribution in [0.2, 0.25) is 0 Å². The molecule has 82 heavy (non-hydrogen) atoms. The summed E-state index contributed by atoms with van der Waals surface area (Å²) in [5.74, 6) is 0. The second-order valence-electron chi connectivity index (χ2n) is 21.0. The standard InChI is InChI=1S/C74H44N6O2/c1-3-16-55(63-18-5-7-34-75-63)53(14-1)49-22-28-65-61(41-49)73-67(20-10-36-77-73)79(65)51-26-32-71-59(43-51)57-39-47(24-30-69(57)81-71)45-12-9-13-46(38-45)48-25-31-70-58(40-48)60-44-52(27-33-72(60)82-70)80-66-29-23-50(42-62(66)74-68(80)21-11-37-78-74)54-15-2-4-17-56(54)64-19-6-8-35-76-64/h1-44H. The van der Waals surface area contributed by atoms with Gasteiger partial charge in [-0.1, -0.05) is 103 Å². The molecular weight excluding hydrogens is 1000 g/mol. The Morgan fingerprint density at radius 2 is 0.634 bits per heavy atom. The van der Waals surface area contributed by atoms with Crippen LogP contribution >= 0.6 is 0 Å². The molecule has 0 radical (unpaired) electrons. The minimum Gasteiger partial charge on any atom is -0.456 e. The SMILES string of the molecule is c1ccc(-c2ccccc2-c2ccc3c(c2)c2ncccc2n3-c2ccc3oc4ccc(-c5cccc(-c6ccc7oc8ccc(-n9c%10ccc(-c%11ccccc%11-c%11ccccn%11)cc%10c%10ncccc%109)cc8c7c6)c5)cc4c3c2)nc1. The summed E-state index contributed by atoms with van der Waals surface area (Å²) in [5, 5.41) is 6.37. The van der Waals surface area contributed by atoms with Gasteiger partial charge in [0.2, 0.25) is 0 Å². The molecule has 8 heteroatoms. The van der Waals surface area contributed by atoms with Crippen LogP contribution in [0.25, 0.3) is 166 Å². The van der Waals surface area contributed by atoms with Gasteiger partial charge in [-0.05, 0) is 184 Å². The Bertz CT molecular complexity index is 5090. The number of pyridine rings is 4. The largest absolute Gasteiger partial charge is 0.456 e. The Morgan fingerprint density at radius 1 is 0.244 bits per heavy atom. The third-order valence-corrected chi connectivity index (χ3v) is 16.3. The van der Waals surface area contributed by atoms with E-state index in [1.165, 1.54) is 0 Å². The van der Waals surface area contributed by atoms with Gasteiger partial charge < -0.3 is 18.0 Å². The summed E-state index contributed by atoms with van der Waals surface area (Å²) in [6.07, 6.45) is 7.45. The average molecular weight is 1050 g/mol. The maximum Gasteiger partial charge on any atom is 0.135 e. The van der Waals surface area contributed by atoms with Gasteiger partial charge in [0.15, 0.2) is 0 Å². The molecule has 0 bridgehead atoms. The molecule has 8 nitrogen and oxygen atoms in total. The van der Waals surface area contributed by atoms with Crippen molar-refractivity contribution in [3.05, 3.63) is 267 Å². The Labute approximate surface area is 469 Å². The first-order chi connectivity index (χ1) is 40.6. The smallest absolute Gasteiger partial charge is 0.135 e. The van der Waals surface area contributed by atoms with Crippen LogP contribution in [0.15, 0.2) is 276 Å². The summed E-state index contributed by atoms with van der Waals surface area (Å²) < 4.78 is 17.7. The molecule has 0 saturated heterocycles. The van der Waals surface area contributed by atoms with Crippen LogP contribution in [0.3, 0.4) is 0 Å². The van der Waals surface area contributed by atoms with Crippen molar-refractivity contribution in [3.8, 4) is 78.4 Å². The molecule has 382 valence electrons. The molecule has 0 unspecified atom stereocenters. The zero-order chi connectivity index (χ0) is 53.8. The first kappa shape index (κ1) is 45.8. The van der Waals surface area contributed by atoms with Crippen molar-refractivity contribution in [2.75, 3.05) is 0 Å². The Morgan fingerprint density at radius 3 is 1.10 bits per heavy atom. The van der Waals surface area contributed by atoms with E-state index in [0.717, 1.165) is 166 Å². The number of aromatic nitrogens is 6. The van der Waals surface area contributed by atoms with Gasteiger partial charge in [-0.2, -0.15) is 0 Å². The maximum atomic E-state index is 6.54. The van der Waals surface area contributed by atoms with Gasteiger partial charge in [-0.3, -0.25) is 19.9 Å². The van der Waals surface area contributed by atoms with E-state index in [-0.39, 0.29) is 0 Å². The van der Waals surface area contributed by atoms with E-state index in [2.05, 4.69) is 215 Å². The highest BCUT2D eigenvalue weighted by atomic mass is 16.3. The normalized spacial score (nSPS) is 11.9. The maximum absolute atomic E-state index is 6.54. The lowest BCUT2D eigenvalue weighted by Crippen LogP contribution is -1.94. The van der Waals surface area contributed by atoms with E-state index in [1.54, 1.807) is 0 Å². The molecule has 8 heterocycles. The summed E-state index contributed by atoms with van der Waals surface area (Å²) >= 11 is 0. The second-order valence-corrected chi connectivity index (χ2v) is 21.0. The van der Waals surface area contributed by atoms with Crippen LogP contribution in [0.4, 0.5) is 0 Å². The van der Waals surface area contributed by atoms with Gasteiger partial charge >= 0.3 is 0 Å². The van der Waals surface area contributed by atoms with E-state index in [9.17, 15) is 0 Å². The number of furan rings is 2. The van der Waals surface area contributed by atoms with E-state index in [1.807, 2.05) is 61.2 Å². The van der Waals surface area contributed by atoms with Gasteiger partial charge in [0.1, 0.15) is 22.3 Å². The second kappa shape index (κ2) is 18.2. The fourth-order valence-corrected chi connectivity index (χ4v) is 12.6. The molecule has 0 amide bonds. The van der Waals surface area contributed by atoms with E-state index < -0.39 is 0 Å². The van der Waals surface area contributed by atoms with Gasteiger partial charge in [0, 0.05) is 79.6 Å². The molecule has 0 aliphatic rings. The summed E-state index contributed by atoms with van der Waals surface area (Å²) in [7, 11) is 0. The molecular formula is C74H44N6O2. The van der Waals surface area contributed by atoms with Crippen LogP contribution in [0, 0.1) is 0 Å². The fraction of sp³-hybridized carbons (Fsp3) is 0. The van der Waals surface area contributed by atoms with E-state index in [0.29, 0.717) is 0 Å². The van der Waals surface area contributed by atoms with E-state index in [4.69, 9.17) is 28.8 Å². The summed E-state index contributed by atoms with van der Waals surface area (Å²) in [6, 6.07) is 85.6. The zero-order valence-electron chi connectivity index (χ0n) is 43.9. The van der Waals surface area contributed by atoms with Crippen LogP contribution in [0.5, 0.6) is 0 Å². The van der Waals surface area contributed by atoms with Crippen LogP contribution in [-0.4, -0.2) is 29.1 Å². The van der Waals surface area contributed by atoms with Crippen molar-refractivity contribution in [1.29, 1.82) is 0 Å². The summed E-state index contributed by atoms with van der Waals surface area (Å²) in [4.78, 5) is 19.3. The Hall–Kier alpha value is -11.2. The molecule has 9 aromatic carbocycles. The molecule has 0 aliphatic heterocycles. The minimum absolute atomic E-state index is 0.836. The Balaban J connectivity index is 0.723. The lowest BCUT2D eigenvalue weighted by molar-refractivity contribution is 0.668. The zero-order valence-corrected chi connectivity index (χ0v) is 43.9. The van der Waals surface area contributed by atoms with Crippen molar-refractivity contribution in [3.63, 3.8) is 0 Å². The Kier molecular flexibility index (Phi) is 10.1. The number of fused-ring (bicyclic) bond motifs is 12. The lowest BCUT2D eigenvalue weighted by atomic mass is 9.96. The van der Waals surface area contributed by atoms with E-state index >= 15 is 0 Å².